The standard InChI is InChI=1S/C15H24N2O2/c1-11(2)17-9-12(3)10-19-14-6-4-13(5-7-14)8-15(16)18/h4-7,11-12,17H,8-10H2,1-3H3,(H2,16,18). The molecular formula is C15H24N2O2. The van der Waals surface area contributed by atoms with E-state index in [4.69, 9.17) is 10.5 Å². The van der Waals surface area contributed by atoms with Crippen molar-refractivity contribution in [1.29, 1.82) is 0 Å². The predicted molar refractivity (Wildman–Crippen MR) is 77.1 cm³/mol. The van der Waals surface area contributed by atoms with Crippen molar-refractivity contribution in [3.8, 4) is 5.75 Å². The summed E-state index contributed by atoms with van der Waals surface area (Å²) in [6, 6.07) is 7.99. The van der Waals surface area contributed by atoms with Crippen LogP contribution in [-0.4, -0.2) is 25.1 Å². The van der Waals surface area contributed by atoms with Crippen LogP contribution in [0.5, 0.6) is 5.75 Å². The monoisotopic (exact) mass is 264 g/mol. The smallest absolute Gasteiger partial charge is 0.221 e. The summed E-state index contributed by atoms with van der Waals surface area (Å²) in [6.07, 6.45) is 0.273. The molecule has 0 aromatic heterocycles. The summed E-state index contributed by atoms with van der Waals surface area (Å²) in [5.74, 6) is 0.958. The average Bonchev–Trinajstić information content (AvgIpc) is 2.35. The van der Waals surface area contributed by atoms with Crippen LogP contribution in [0.15, 0.2) is 24.3 Å². The van der Waals surface area contributed by atoms with E-state index in [1.807, 2.05) is 24.3 Å². The van der Waals surface area contributed by atoms with Gasteiger partial charge in [0.2, 0.25) is 5.91 Å². The first-order valence-electron chi connectivity index (χ1n) is 6.70. The molecule has 0 aliphatic rings. The predicted octanol–water partition coefficient (Wildman–Crippen LogP) is 1.73. The van der Waals surface area contributed by atoms with Gasteiger partial charge in [-0.3, -0.25) is 4.79 Å². The van der Waals surface area contributed by atoms with Gasteiger partial charge in [-0.05, 0) is 17.7 Å². The van der Waals surface area contributed by atoms with Gasteiger partial charge in [-0.15, -0.1) is 0 Å². The zero-order valence-corrected chi connectivity index (χ0v) is 12.0. The quantitative estimate of drug-likeness (QED) is 0.751. The summed E-state index contributed by atoms with van der Waals surface area (Å²) in [6.45, 7) is 8.03. The Bertz CT molecular complexity index is 388. The lowest BCUT2D eigenvalue weighted by Crippen LogP contribution is -2.30. The largest absolute Gasteiger partial charge is 0.493 e. The van der Waals surface area contributed by atoms with Gasteiger partial charge in [0.05, 0.1) is 13.0 Å². The number of nitrogens with one attached hydrogen (secondary N) is 1. The van der Waals surface area contributed by atoms with Crippen molar-refractivity contribution in [3.63, 3.8) is 0 Å². The Balaban J connectivity index is 2.35. The van der Waals surface area contributed by atoms with Gasteiger partial charge in [-0.1, -0.05) is 32.9 Å². The van der Waals surface area contributed by atoms with E-state index in [1.165, 1.54) is 0 Å². The molecule has 0 radical (unpaired) electrons. The number of primary amides is 1. The Morgan fingerprint density at radius 1 is 1.26 bits per heavy atom. The van der Waals surface area contributed by atoms with Crippen LogP contribution in [0, 0.1) is 5.92 Å². The van der Waals surface area contributed by atoms with Crippen molar-refractivity contribution in [1.82, 2.24) is 5.32 Å². The van der Waals surface area contributed by atoms with E-state index < -0.39 is 0 Å². The number of carbonyl (C=O) groups excluding carboxylic acids is 1. The topological polar surface area (TPSA) is 64.3 Å². The van der Waals surface area contributed by atoms with Gasteiger partial charge in [0.15, 0.2) is 0 Å². The summed E-state index contributed by atoms with van der Waals surface area (Å²) >= 11 is 0. The minimum atomic E-state index is -0.318. The fourth-order valence-electron chi connectivity index (χ4n) is 1.64. The van der Waals surface area contributed by atoms with Gasteiger partial charge < -0.3 is 15.8 Å². The minimum Gasteiger partial charge on any atom is -0.493 e. The highest BCUT2D eigenvalue weighted by Crippen LogP contribution is 2.13. The van der Waals surface area contributed by atoms with E-state index in [0.29, 0.717) is 18.6 Å². The number of hydrogen-bond donors (Lipinski definition) is 2. The highest BCUT2D eigenvalue weighted by Gasteiger charge is 2.04. The summed E-state index contributed by atoms with van der Waals surface area (Å²) in [5.41, 5.74) is 6.05. The van der Waals surface area contributed by atoms with E-state index >= 15 is 0 Å². The second-order valence-corrected chi connectivity index (χ2v) is 5.27. The maximum Gasteiger partial charge on any atom is 0.221 e. The van der Waals surface area contributed by atoms with Gasteiger partial charge in [0.1, 0.15) is 5.75 Å². The first-order chi connectivity index (χ1) is 8.97. The second kappa shape index (κ2) is 7.79. The van der Waals surface area contributed by atoms with Crippen LogP contribution in [0.1, 0.15) is 26.3 Å². The lowest BCUT2D eigenvalue weighted by atomic mass is 10.1. The molecule has 106 valence electrons. The second-order valence-electron chi connectivity index (χ2n) is 5.27. The summed E-state index contributed by atoms with van der Waals surface area (Å²) in [5, 5.41) is 3.38. The molecular weight excluding hydrogens is 240 g/mol. The van der Waals surface area contributed by atoms with Crippen LogP contribution in [0.25, 0.3) is 0 Å². The summed E-state index contributed by atoms with van der Waals surface area (Å²) < 4.78 is 5.70. The zero-order valence-electron chi connectivity index (χ0n) is 12.0. The van der Waals surface area contributed by atoms with E-state index in [0.717, 1.165) is 17.9 Å². The van der Waals surface area contributed by atoms with Crippen LogP contribution in [0.2, 0.25) is 0 Å². The fraction of sp³-hybridized carbons (Fsp3) is 0.533. The summed E-state index contributed by atoms with van der Waals surface area (Å²) in [4.78, 5) is 10.8. The molecule has 0 aliphatic heterocycles. The van der Waals surface area contributed by atoms with Gasteiger partial charge in [0.25, 0.3) is 0 Å². The molecule has 0 bridgehead atoms. The molecule has 1 unspecified atom stereocenters. The number of hydrogen-bond acceptors (Lipinski definition) is 3. The number of benzene rings is 1. The number of ether oxygens (including phenoxy) is 1. The maximum absolute atomic E-state index is 10.8. The van der Waals surface area contributed by atoms with E-state index in [-0.39, 0.29) is 12.3 Å². The van der Waals surface area contributed by atoms with Crippen LogP contribution in [0.3, 0.4) is 0 Å². The van der Waals surface area contributed by atoms with Crippen molar-refractivity contribution in [2.24, 2.45) is 11.7 Å². The third kappa shape index (κ3) is 6.82. The highest BCUT2D eigenvalue weighted by molar-refractivity contribution is 5.76. The Morgan fingerprint density at radius 2 is 1.89 bits per heavy atom. The molecule has 3 N–H and O–H groups in total. The third-order valence-electron chi connectivity index (χ3n) is 2.71. The number of nitrogens with two attached hydrogens (primary N) is 1. The Morgan fingerprint density at radius 3 is 2.42 bits per heavy atom. The number of rotatable bonds is 8. The molecule has 4 heteroatoms. The molecule has 1 amide bonds. The molecule has 1 atom stereocenters. The zero-order chi connectivity index (χ0) is 14.3. The molecule has 1 rings (SSSR count). The third-order valence-corrected chi connectivity index (χ3v) is 2.71. The Kier molecular flexibility index (Phi) is 6.36. The van der Waals surface area contributed by atoms with Crippen LogP contribution in [-0.2, 0) is 11.2 Å². The molecule has 0 fully saturated rings. The molecule has 0 aliphatic carbocycles. The lowest BCUT2D eigenvalue weighted by Gasteiger charge is -2.15. The van der Waals surface area contributed by atoms with E-state index in [2.05, 4.69) is 26.1 Å². The molecule has 4 nitrogen and oxygen atoms in total. The SMILES string of the molecule is CC(CNC(C)C)COc1ccc(CC(N)=O)cc1. The lowest BCUT2D eigenvalue weighted by molar-refractivity contribution is -0.117. The normalized spacial score (nSPS) is 12.4. The Hall–Kier alpha value is -1.55. The number of carbonyl (C=O) groups is 1. The van der Waals surface area contributed by atoms with Gasteiger partial charge >= 0.3 is 0 Å². The van der Waals surface area contributed by atoms with Crippen molar-refractivity contribution in [2.45, 2.75) is 33.2 Å². The van der Waals surface area contributed by atoms with Gasteiger partial charge in [-0.25, -0.2) is 0 Å². The molecule has 0 saturated carbocycles. The van der Waals surface area contributed by atoms with Crippen LogP contribution in [0.4, 0.5) is 0 Å². The molecule has 1 aromatic rings. The number of amides is 1. The van der Waals surface area contributed by atoms with E-state index in [1.54, 1.807) is 0 Å². The molecule has 1 aromatic carbocycles. The molecule has 0 spiro atoms. The minimum absolute atomic E-state index is 0.273. The van der Waals surface area contributed by atoms with Crippen molar-refractivity contribution < 1.29 is 9.53 Å². The molecule has 19 heavy (non-hydrogen) atoms. The molecule has 0 saturated heterocycles. The summed E-state index contributed by atoms with van der Waals surface area (Å²) in [7, 11) is 0. The van der Waals surface area contributed by atoms with E-state index in [9.17, 15) is 4.79 Å². The van der Waals surface area contributed by atoms with Crippen molar-refractivity contribution >= 4 is 5.91 Å². The van der Waals surface area contributed by atoms with Crippen molar-refractivity contribution in [2.75, 3.05) is 13.2 Å². The van der Waals surface area contributed by atoms with Gasteiger partial charge in [0, 0.05) is 18.5 Å². The van der Waals surface area contributed by atoms with Crippen molar-refractivity contribution in [3.05, 3.63) is 29.8 Å². The fourth-order valence-corrected chi connectivity index (χ4v) is 1.64. The first-order valence-corrected chi connectivity index (χ1v) is 6.70. The van der Waals surface area contributed by atoms with Crippen LogP contribution >= 0.6 is 0 Å². The highest BCUT2D eigenvalue weighted by atomic mass is 16.5. The first kappa shape index (κ1) is 15.5. The van der Waals surface area contributed by atoms with Gasteiger partial charge in [-0.2, -0.15) is 0 Å². The van der Waals surface area contributed by atoms with Crippen LogP contribution < -0.4 is 15.8 Å². The molecule has 0 heterocycles. The average molecular weight is 264 g/mol. The Labute approximate surface area is 115 Å². The maximum atomic E-state index is 10.8.